The van der Waals surface area contributed by atoms with E-state index in [1.807, 2.05) is 0 Å². The summed E-state index contributed by atoms with van der Waals surface area (Å²) >= 11 is 12.9. The van der Waals surface area contributed by atoms with Crippen molar-refractivity contribution in [3.8, 4) is 5.75 Å². The third-order valence-corrected chi connectivity index (χ3v) is 4.02. The molecule has 1 aromatic heterocycles. The number of ether oxygens (including phenoxy) is 1. The minimum Gasteiger partial charge on any atom is -0.405 e. The van der Waals surface area contributed by atoms with E-state index in [4.69, 9.17) is 28.9 Å². The summed E-state index contributed by atoms with van der Waals surface area (Å²) in [6.07, 6.45) is -4.79. The van der Waals surface area contributed by atoms with Crippen LogP contribution in [-0.4, -0.2) is 6.36 Å². The molecule has 0 spiro atoms. The van der Waals surface area contributed by atoms with Gasteiger partial charge in [-0.05, 0) is 12.1 Å². The first-order valence-corrected chi connectivity index (χ1v) is 6.90. The molecule has 1 unspecified atom stereocenters. The SMILES string of the molecule is NC(c1ccccc1OC(F)(F)F)c1cc(Cl)sc1Cl. The largest absolute Gasteiger partial charge is 0.573 e. The molecule has 0 radical (unpaired) electrons. The van der Waals surface area contributed by atoms with Crippen LogP contribution in [-0.2, 0) is 0 Å². The van der Waals surface area contributed by atoms with E-state index in [0.717, 1.165) is 11.3 Å². The lowest BCUT2D eigenvalue weighted by Gasteiger charge is -2.17. The van der Waals surface area contributed by atoms with Crippen molar-refractivity contribution < 1.29 is 17.9 Å². The van der Waals surface area contributed by atoms with Gasteiger partial charge in [0.25, 0.3) is 0 Å². The van der Waals surface area contributed by atoms with Crippen LogP contribution in [0.2, 0.25) is 8.67 Å². The summed E-state index contributed by atoms with van der Waals surface area (Å²) < 4.78 is 41.8. The number of alkyl halides is 3. The zero-order valence-electron chi connectivity index (χ0n) is 9.75. The summed E-state index contributed by atoms with van der Waals surface area (Å²) in [6.45, 7) is 0. The molecule has 1 heterocycles. The van der Waals surface area contributed by atoms with Crippen molar-refractivity contribution in [2.24, 2.45) is 5.73 Å². The van der Waals surface area contributed by atoms with Gasteiger partial charge in [-0.1, -0.05) is 41.4 Å². The van der Waals surface area contributed by atoms with Crippen LogP contribution in [0.25, 0.3) is 0 Å². The summed E-state index contributed by atoms with van der Waals surface area (Å²) in [5.74, 6) is -0.356. The molecule has 0 fully saturated rings. The molecular weight excluding hydrogens is 334 g/mol. The summed E-state index contributed by atoms with van der Waals surface area (Å²) in [4.78, 5) is 0. The van der Waals surface area contributed by atoms with Gasteiger partial charge in [-0.25, -0.2) is 0 Å². The second-order valence-electron chi connectivity index (χ2n) is 3.84. The number of hydrogen-bond donors (Lipinski definition) is 1. The Kier molecular flexibility index (Phi) is 4.49. The third-order valence-electron chi connectivity index (χ3n) is 2.50. The van der Waals surface area contributed by atoms with Crippen LogP contribution in [0.1, 0.15) is 17.2 Å². The average Bonchev–Trinajstić information content (AvgIpc) is 2.66. The Hall–Kier alpha value is -0.950. The highest BCUT2D eigenvalue weighted by Gasteiger charge is 2.33. The van der Waals surface area contributed by atoms with E-state index < -0.39 is 12.4 Å². The number of halogens is 5. The second-order valence-corrected chi connectivity index (χ2v) is 6.13. The van der Waals surface area contributed by atoms with E-state index >= 15 is 0 Å². The Bertz CT molecular complexity index is 615. The molecule has 0 amide bonds. The lowest BCUT2D eigenvalue weighted by Crippen LogP contribution is -2.20. The minimum atomic E-state index is -4.79. The zero-order chi connectivity index (χ0) is 14.9. The molecule has 0 bridgehead atoms. The number of benzene rings is 1. The van der Waals surface area contributed by atoms with E-state index in [1.165, 1.54) is 24.3 Å². The first-order chi connectivity index (χ1) is 9.28. The maximum atomic E-state index is 12.4. The van der Waals surface area contributed by atoms with E-state index in [1.54, 1.807) is 6.07 Å². The maximum Gasteiger partial charge on any atom is 0.573 e. The van der Waals surface area contributed by atoms with Gasteiger partial charge in [-0.3, -0.25) is 0 Å². The number of hydrogen-bond acceptors (Lipinski definition) is 3. The summed E-state index contributed by atoms with van der Waals surface area (Å²) in [5.41, 5.74) is 6.61. The van der Waals surface area contributed by atoms with Crippen LogP contribution >= 0.6 is 34.5 Å². The van der Waals surface area contributed by atoms with Gasteiger partial charge in [0, 0.05) is 11.1 Å². The maximum absolute atomic E-state index is 12.4. The quantitative estimate of drug-likeness (QED) is 0.852. The van der Waals surface area contributed by atoms with Crippen LogP contribution < -0.4 is 10.5 Å². The predicted octanol–water partition coefficient (Wildman–Crippen LogP) is 5.00. The molecule has 108 valence electrons. The molecule has 2 aromatic rings. The van der Waals surface area contributed by atoms with Crippen LogP contribution in [0.4, 0.5) is 13.2 Å². The topological polar surface area (TPSA) is 35.2 Å². The van der Waals surface area contributed by atoms with Gasteiger partial charge < -0.3 is 10.5 Å². The molecule has 0 aliphatic rings. The number of nitrogens with two attached hydrogens (primary N) is 1. The van der Waals surface area contributed by atoms with Gasteiger partial charge in [0.1, 0.15) is 5.75 Å². The molecule has 1 aromatic carbocycles. The molecule has 8 heteroatoms. The van der Waals surface area contributed by atoms with Crippen molar-refractivity contribution in [3.05, 3.63) is 50.1 Å². The first-order valence-electron chi connectivity index (χ1n) is 5.33. The molecule has 0 aliphatic carbocycles. The Balaban J connectivity index is 2.40. The number of rotatable bonds is 3. The fraction of sp³-hybridized carbons (Fsp3) is 0.167. The normalized spacial score (nSPS) is 13.3. The lowest BCUT2D eigenvalue weighted by atomic mass is 10.0. The highest BCUT2D eigenvalue weighted by molar-refractivity contribution is 7.20. The molecule has 2 rings (SSSR count). The van der Waals surface area contributed by atoms with E-state index in [0.29, 0.717) is 14.2 Å². The standard InChI is InChI=1S/C12H8Cl2F3NOS/c13-9-5-7(11(14)20-9)10(18)6-3-1-2-4-8(6)19-12(15,16)17/h1-5,10H,18H2. The number of para-hydroxylation sites is 1. The highest BCUT2D eigenvalue weighted by Crippen LogP contribution is 2.39. The van der Waals surface area contributed by atoms with Gasteiger partial charge in [-0.15, -0.1) is 24.5 Å². The van der Waals surface area contributed by atoms with Crippen molar-refractivity contribution in [2.75, 3.05) is 0 Å². The van der Waals surface area contributed by atoms with Crippen LogP contribution in [0.5, 0.6) is 5.75 Å². The Morgan fingerprint density at radius 2 is 1.80 bits per heavy atom. The van der Waals surface area contributed by atoms with Crippen molar-refractivity contribution >= 4 is 34.5 Å². The van der Waals surface area contributed by atoms with Crippen LogP contribution in [0.15, 0.2) is 30.3 Å². The molecule has 0 saturated carbocycles. The Labute approximate surface area is 126 Å². The first kappa shape index (κ1) is 15.4. The Morgan fingerprint density at radius 1 is 1.15 bits per heavy atom. The second kappa shape index (κ2) is 5.81. The van der Waals surface area contributed by atoms with Gasteiger partial charge in [-0.2, -0.15) is 0 Å². The predicted molar refractivity (Wildman–Crippen MR) is 73.5 cm³/mol. The molecule has 2 N–H and O–H groups in total. The molecule has 20 heavy (non-hydrogen) atoms. The fourth-order valence-electron chi connectivity index (χ4n) is 1.69. The van der Waals surface area contributed by atoms with Gasteiger partial charge in [0.2, 0.25) is 0 Å². The average molecular weight is 342 g/mol. The zero-order valence-corrected chi connectivity index (χ0v) is 12.1. The third kappa shape index (κ3) is 3.58. The molecule has 0 aliphatic heterocycles. The summed E-state index contributed by atoms with van der Waals surface area (Å²) in [6, 6.07) is 6.33. The molecular formula is C12H8Cl2F3NOS. The van der Waals surface area contributed by atoms with Crippen molar-refractivity contribution in [1.82, 2.24) is 0 Å². The molecule has 0 saturated heterocycles. The highest BCUT2D eigenvalue weighted by atomic mass is 35.5. The monoisotopic (exact) mass is 341 g/mol. The summed E-state index contributed by atoms with van der Waals surface area (Å²) in [5, 5.41) is 0. The molecule has 2 nitrogen and oxygen atoms in total. The van der Waals surface area contributed by atoms with Crippen molar-refractivity contribution in [2.45, 2.75) is 12.4 Å². The summed E-state index contributed by atoms with van der Waals surface area (Å²) in [7, 11) is 0. The van der Waals surface area contributed by atoms with Gasteiger partial charge in [0.05, 0.1) is 14.7 Å². The minimum absolute atomic E-state index is 0.182. The van der Waals surface area contributed by atoms with Crippen LogP contribution in [0, 0.1) is 0 Å². The van der Waals surface area contributed by atoms with E-state index in [-0.39, 0.29) is 11.3 Å². The fourth-order valence-corrected chi connectivity index (χ4v) is 3.24. The Morgan fingerprint density at radius 3 is 2.35 bits per heavy atom. The lowest BCUT2D eigenvalue weighted by molar-refractivity contribution is -0.274. The van der Waals surface area contributed by atoms with E-state index in [9.17, 15) is 13.2 Å². The van der Waals surface area contributed by atoms with Gasteiger partial charge in [0.15, 0.2) is 0 Å². The van der Waals surface area contributed by atoms with Gasteiger partial charge >= 0.3 is 6.36 Å². The van der Waals surface area contributed by atoms with Crippen molar-refractivity contribution in [3.63, 3.8) is 0 Å². The molecule has 1 atom stereocenters. The van der Waals surface area contributed by atoms with E-state index in [2.05, 4.69) is 4.74 Å². The smallest absolute Gasteiger partial charge is 0.405 e. The van der Waals surface area contributed by atoms with Crippen molar-refractivity contribution in [1.29, 1.82) is 0 Å². The van der Waals surface area contributed by atoms with Crippen LogP contribution in [0.3, 0.4) is 0 Å². The number of thiophene rings is 1.